The first-order valence-corrected chi connectivity index (χ1v) is 5.59. The number of pyridine rings is 1. The fourth-order valence-corrected chi connectivity index (χ4v) is 1.21. The SMILES string of the molecule is COC(C)(C)CCOc1cc(C(C)=O)ccn1. The van der Waals surface area contributed by atoms with Gasteiger partial charge < -0.3 is 9.47 Å². The second-order valence-electron chi connectivity index (χ2n) is 4.50. The second-order valence-corrected chi connectivity index (χ2v) is 4.50. The molecule has 0 aliphatic carbocycles. The van der Waals surface area contributed by atoms with Crippen LogP contribution in [0.2, 0.25) is 0 Å². The number of carbonyl (C=O) groups is 1. The minimum Gasteiger partial charge on any atom is -0.478 e. The Balaban J connectivity index is 2.52. The Morgan fingerprint density at radius 2 is 2.18 bits per heavy atom. The average molecular weight is 237 g/mol. The van der Waals surface area contributed by atoms with Gasteiger partial charge in [-0.05, 0) is 26.8 Å². The highest BCUT2D eigenvalue weighted by Gasteiger charge is 2.16. The molecule has 0 spiro atoms. The predicted octanol–water partition coefficient (Wildman–Crippen LogP) is 2.48. The van der Waals surface area contributed by atoms with Crippen LogP contribution < -0.4 is 4.74 Å². The molecular formula is C13H19NO3. The molecule has 0 bridgehead atoms. The number of Topliss-reactive ketones (excluding diaryl/α,β-unsaturated/α-hetero) is 1. The van der Waals surface area contributed by atoms with Crippen LogP contribution >= 0.6 is 0 Å². The van der Waals surface area contributed by atoms with Gasteiger partial charge in [-0.1, -0.05) is 0 Å². The number of aromatic nitrogens is 1. The largest absolute Gasteiger partial charge is 0.478 e. The molecule has 0 unspecified atom stereocenters. The molecule has 0 aliphatic heterocycles. The van der Waals surface area contributed by atoms with E-state index in [-0.39, 0.29) is 11.4 Å². The van der Waals surface area contributed by atoms with Crippen LogP contribution in [0.1, 0.15) is 37.6 Å². The van der Waals surface area contributed by atoms with Crippen molar-refractivity contribution in [3.05, 3.63) is 23.9 Å². The summed E-state index contributed by atoms with van der Waals surface area (Å²) < 4.78 is 10.8. The molecule has 17 heavy (non-hydrogen) atoms. The third-order valence-electron chi connectivity index (χ3n) is 2.65. The molecular weight excluding hydrogens is 218 g/mol. The quantitative estimate of drug-likeness (QED) is 0.713. The van der Waals surface area contributed by atoms with Crippen molar-refractivity contribution in [1.82, 2.24) is 4.98 Å². The van der Waals surface area contributed by atoms with Crippen LogP contribution in [0.4, 0.5) is 0 Å². The van der Waals surface area contributed by atoms with Gasteiger partial charge in [0.25, 0.3) is 0 Å². The third-order valence-corrected chi connectivity index (χ3v) is 2.65. The minimum atomic E-state index is -0.210. The van der Waals surface area contributed by atoms with Crippen molar-refractivity contribution < 1.29 is 14.3 Å². The first-order chi connectivity index (χ1) is 7.94. The van der Waals surface area contributed by atoms with Gasteiger partial charge in [0, 0.05) is 31.4 Å². The van der Waals surface area contributed by atoms with Gasteiger partial charge >= 0.3 is 0 Å². The van der Waals surface area contributed by atoms with Crippen LogP contribution in [-0.4, -0.2) is 30.1 Å². The van der Waals surface area contributed by atoms with Gasteiger partial charge in [0.1, 0.15) is 0 Å². The van der Waals surface area contributed by atoms with Crippen molar-refractivity contribution in [1.29, 1.82) is 0 Å². The van der Waals surface area contributed by atoms with Crippen LogP contribution in [0, 0.1) is 0 Å². The molecule has 0 saturated carbocycles. The molecule has 1 aromatic rings. The van der Waals surface area contributed by atoms with Crippen LogP contribution in [0.5, 0.6) is 5.88 Å². The van der Waals surface area contributed by atoms with Crippen molar-refractivity contribution in [2.75, 3.05) is 13.7 Å². The molecule has 0 radical (unpaired) electrons. The third kappa shape index (κ3) is 4.53. The molecule has 0 saturated heterocycles. The molecule has 4 heteroatoms. The van der Waals surface area contributed by atoms with Crippen molar-refractivity contribution in [2.45, 2.75) is 32.8 Å². The summed E-state index contributed by atoms with van der Waals surface area (Å²) in [4.78, 5) is 15.2. The van der Waals surface area contributed by atoms with E-state index < -0.39 is 0 Å². The summed E-state index contributed by atoms with van der Waals surface area (Å²) in [5, 5.41) is 0. The number of methoxy groups -OCH3 is 1. The fraction of sp³-hybridized carbons (Fsp3) is 0.538. The van der Waals surface area contributed by atoms with Crippen LogP contribution in [0.3, 0.4) is 0 Å². The Morgan fingerprint density at radius 3 is 2.76 bits per heavy atom. The highest BCUT2D eigenvalue weighted by atomic mass is 16.5. The van der Waals surface area contributed by atoms with E-state index in [1.54, 1.807) is 25.4 Å². The monoisotopic (exact) mass is 237 g/mol. The average Bonchev–Trinajstić information content (AvgIpc) is 2.29. The minimum absolute atomic E-state index is 0.00877. The Bertz CT molecular complexity index is 388. The van der Waals surface area contributed by atoms with Gasteiger partial charge in [0.15, 0.2) is 5.78 Å². The molecule has 0 atom stereocenters. The standard InChI is InChI=1S/C13H19NO3/c1-10(15)11-5-7-14-12(9-11)17-8-6-13(2,3)16-4/h5,7,9H,6,8H2,1-4H3. The first kappa shape index (κ1) is 13.6. The lowest BCUT2D eigenvalue weighted by Crippen LogP contribution is -2.25. The normalized spacial score (nSPS) is 11.3. The summed E-state index contributed by atoms with van der Waals surface area (Å²) in [6.07, 6.45) is 2.34. The molecule has 1 heterocycles. The predicted molar refractivity (Wildman–Crippen MR) is 65.4 cm³/mol. The molecule has 1 rings (SSSR count). The summed E-state index contributed by atoms with van der Waals surface area (Å²) in [7, 11) is 1.68. The summed E-state index contributed by atoms with van der Waals surface area (Å²) in [6.45, 7) is 6.02. The van der Waals surface area contributed by atoms with Gasteiger partial charge in [0.2, 0.25) is 5.88 Å². The smallest absolute Gasteiger partial charge is 0.213 e. The molecule has 94 valence electrons. The number of rotatable bonds is 6. The highest BCUT2D eigenvalue weighted by Crippen LogP contribution is 2.15. The number of hydrogen-bond donors (Lipinski definition) is 0. The zero-order valence-corrected chi connectivity index (χ0v) is 10.8. The fourth-order valence-electron chi connectivity index (χ4n) is 1.21. The molecule has 0 fully saturated rings. The van der Waals surface area contributed by atoms with Crippen LogP contribution in [-0.2, 0) is 4.74 Å². The lowest BCUT2D eigenvalue weighted by Gasteiger charge is -2.22. The second kappa shape index (κ2) is 5.77. The number of hydrogen-bond acceptors (Lipinski definition) is 4. The molecule has 0 amide bonds. The number of ether oxygens (including phenoxy) is 2. The summed E-state index contributed by atoms with van der Waals surface area (Å²) in [5.74, 6) is 0.485. The van der Waals surface area contributed by atoms with Gasteiger partial charge in [-0.3, -0.25) is 4.79 Å². The van der Waals surface area contributed by atoms with Crippen molar-refractivity contribution in [3.63, 3.8) is 0 Å². The maximum atomic E-state index is 11.2. The summed E-state index contributed by atoms with van der Waals surface area (Å²) >= 11 is 0. The number of carbonyl (C=O) groups excluding carboxylic acids is 1. The van der Waals surface area contributed by atoms with Gasteiger partial charge in [-0.25, -0.2) is 4.98 Å². The Morgan fingerprint density at radius 1 is 1.47 bits per heavy atom. The van der Waals surface area contributed by atoms with Gasteiger partial charge in [-0.15, -0.1) is 0 Å². The van der Waals surface area contributed by atoms with E-state index in [1.165, 1.54) is 6.92 Å². The summed E-state index contributed by atoms with van der Waals surface area (Å²) in [5.41, 5.74) is 0.402. The number of ketones is 1. The lowest BCUT2D eigenvalue weighted by molar-refractivity contribution is 0.00507. The zero-order valence-electron chi connectivity index (χ0n) is 10.8. The first-order valence-electron chi connectivity index (χ1n) is 5.59. The van der Waals surface area contributed by atoms with E-state index in [4.69, 9.17) is 9.47 Å². The van der Waals surface area contributed by atoms with Gasteiger partial charge in [0.05, 0.1) is 12.2 Å². The molecule has 0 N–H and O–H groups in total. The number of nitrogens with zero attached hydrogens (tertiary/aromatic N) is 1. The highest BCUT2D eigenvalue weighted by molar-refractivity contribution is 5.94. The zero-order chi connectivity index (χ0) is 12.9. The van der Waals surface area contributed by atoms with E-state index >= 15 is 0 Å². The lowest BCUT2D eigenvalue weighted by atomic mass is 10.1. The molecule has 1 aromatic heterocycles. The van der Waals surface area contributed by atoms with E-state index in [9.17, 15) is 4.79 Å². The topological polar surface area (TPSA) is 48.4 Å². The van der Waals surface area contributed by atoms with Gasteiger partial charge in [-0.2, -0.15) is 0 Å². The van der Waals surface area contributed by atoms with Crippen molar-refractivity contribution in [2.24, 2.45) is 0 Å². The molecule has 0 aromatic carbocycles. The maximum Gasteiger partial charge on any atom is 0.213 e. The van der Waals surface area contributed by atoms with E-state index in [1.807, 2.05) is 13.8 Å². The Kier molecular flexibility index (Phi) is 4.63. The summed E-state index contributed by atoms with van der Waals surface area (Å²) in [6, 6.07) is 3.33. The maximum absolute atomic E-state index is 11.2. The van der Waals surface area contributed by atoms with Crippen LogP contribution in [0.25, 0.3) is 0 Å². The van der Waals surface area contributed by atoms with E-state index in [2.05, 4.69) is 4.98 Å². The van der Waals surface area contributed by atoms with Crippen molar-refractivity contribution in [3.8, 4) is 5.88 Å². The van der Waals surface area contributed by atoms with Crippen LogP contribution in [0.15, 0.2) is 18.3 Å². The Labute approximate surface area is 102 Å². The Hall–Kier alpha value is -1.42. The van der Waals surface area contributed by atoms with E-state index in [0.29, 0.717) is 18.1 Å². The molecule has 4 nitrogen and oxygen atoms in total. The van der Waals surface area contributed by atoms with E-state index in [0.717, 1.165) is 6.42 Å². The molecule has 0 aliphatic rings. The van der Waals surface area contributed by atoms with Crippen molar-refractivity contribution >= 4 is 5.78 Å².